The molecule has 1 aliphatic rings. The van der Waals surface area contributed by atoms with Gasteiger partial charge in [-0.25, -0.2) is 0 Å². The predicted molar refractivity (Wildman–Crippen MR) is 74.9 cm³/mol. The maximum absolute atomic E-state index is 5.68. The van der Waals surface area contributed by atoms with Crippen LogP contribution in [0, 0.1) is 0 Å². The van der Waals surface area contributed by atoms with Crippen LogP contribution in [0.4, 0.5) is 0 Å². The fourth-order valence-electron chi connectivity index (χ4n) is 1.99. The molecule has 4 nitrogen and oxygen atoms in total. The molecule has 1 N–H and O–H groups in total. The molecule has 2 rings (SSSR count). The molecule has 19 heavy (non-hydrogen) atoms. The maximum Gasteiger partial charge on any atom is 0.161 e. The molecule has 1 aliphatic heterocycles. The summed E-state index contributed by atoms with van der Waals surface area (Å²) in [5.41, 5.74) is 1.22. The third-order valence-corrected chi connectivity index (χ3v) is 2.99. The first-order chi connectivity index (χ1) is 9.40. The van der Waals surface area contributed by atoms with E-state index in [9.17, 15) is 0 Å². The Hall–Kier alpha value is -1.26. The molecule has 0 spiro atoms. The third kappa shape index (κ3) is 4.73. The molecular weight excluding hydrogens is 242 g/mol. The lowest BCUT2D eigenvalue weighted by atomic mass is 10.2. The Kier molecular flexibility index (Phi) is 5.98. The molecular formula is C15H23NO3. The van der Waals surface area contributed by atoms with Gasteiger partial charge in [0.1, 0.15) is 0 Å². The van der Waals surface area contributed by atoms with E-state index in [2.05, 4.69) is 17.4 Å². The molecule has 0 bridgehead atoms. The quantitative estimate of drug-likeness (QED) is 0.768. The smallest absolute Gasteiger partial charge is 0.161 e. The standard InChI is InChI=1S/C15H23NO3/c1-2-17-8-3-7-16-12-13-5-6-14-15(11-13)19-10-4-9-18-14/h5-6,11,16H,2-4,7-10,12H2,1H3. The summed E-state index contributed by atoms with van der Waals surface area (Å²) in [5, 5.41) is 3.41. The van der Waals surface area contributed by atoms with E-state index in [0.717, 1.165) is 63.9 Å². The van der Waals surface area contributed by atoms with E-state index in [-0.39, 0.29) is 0 Å². The van der Waals surface area contributed by atoms with E-state index in [0.29, 0.717) is 0 Å². The Bertz CT molecular complexity index is 382. The van der Waals surface area contributed by atoms with Crippen molar-refractivity contribution in [3.8, 4) is 11.5 Å². The van der Waals surface area contributed by atoms with Crippen LogP contribution in [0.1, 0.15) is 25.3 Å². The highest BCUT2D eigenvalue weighted by atomic mass is 16.5. The summed E-state index contributed by atoms with van der Waals surface area (Å²) in [6, 6.07) is 6.15. The van der Waals surface area contributed by atoms with E-state index in [1.54, 1.807) is 0 Å². The summed E-state index contributed by atoms with van der Waals surface area (Å²) in [4.78, 5) is 0. The van der Waals surface area contributed by atoms with Crippen molar-refractivity contribution < 1.29 is 14.2 Å². The third-order valence-electron chi connectivity index (χ3n) is 2.99. The van der Waals surface area contributed by atoms with Crippen LogP contribution in [-0.2, 0) is 11.3 Å². The topological polar surface area (TPSA) is 39.7 Å². The van der Waals surface area contributed by atoms with Gasteiger partial charge in [0.15, 0.2) is 11.5 Å². The summed E-state index contributed by atoms with van der Waals surface area (Å²) >= 11 is 0. The number of ether oxygens (including phenoxy) is 3. The second-order valence-corrected chi connectivity index (χ2v) is 4.56. The first-order valence-electron chi connectivity index (χ1n) is 7.07. The zero-order valence-electron chi connectivity index (χ0n) is 11.6. The second-order valence-electron chi connectivity index (χ2n) is 4.56. The Balaban J connectivity index is 1.76. The monoisotopic (exact) mass is 265 g/mol. The molecule has 0 aromatic heterocycles. The minimum absolute atomic E-state index is 0.734. The van der Waals surface area contributed by atoms with Crippen molar-refractivity contribution in [1.29, 1.82) is 0 Å². The van der Waals surface area contributed by atoms with E-state index in [1.807, 2.05) is 13.0 Å². The summed E-state index contributed by atoms with van der Waals surface area (Å²) < 4.78 is 16.6. The molecule has 4 heteroatoms. The van der Waals surface area contributed by atoms with E-state index in [1.165, 1.54) is 5.56 Å². The lowest BCUT2D eigenvalue weighted by molar-refractivity contribution is 0.144. The second kappa shape index (κ2) is 8.02. The normalized spacial score (nSPS) is 14.2. The molecule has 1 aromatic carbocycles. The Morgan fingerprint density at radius 2 is 2.05 bits per heavy atom. The van der Waals surface area contributed by atoms with Gasteiger partial charge in [0.2, 0.25) is 0 Å². The van der Waals surface area contributed by atoms with E-state index < -0.39 is 0 Å². The van der Waals surface area contributed by atoms with Crippen molar-refractivity contribution in [3.05, 3.63) is 23.8 Å². The van der Waals surface area contributed by atoms with Crippen LogP contribution in [0.3, 0.4) is 0 Å². The number of hydrogen-bond acceptors (Lipinski definition) is 4. The Morgan fingerprint density at radius 3 is 2.89 bits per heavy atom. The van der Waals surface area contributed by atoms with Crippen LogP contribution < -0.4 is 14.8 Å². The van der Waals surface area contributed by atoms with Gasteiger partial charge in [-0.2, -0.15) is 0 Å². The van der Waals surface area contributed by atoms with Crippen LogP contribution in [0.2, 0.25) is 0 Å². The summed E-state index contributed by atoms with van der Waals surface area (Å²) in [6.07, 6.45) is 1.98. The van der Waals surface area contributed by atoms with Crippen molar-refractivity contribution >= 4 is 0 Å². The molecule has 0 aliphatic carbocycles. The van der Waals surface area contributed by atoms with Crippen molar-refractivity contribution in [3.63, 3.8) is 0 Å². The number of fused-ring (bicyclic) bond motifs is 1. The highest BCUT2D eigenvalue weighted by molar-refractivity contribution is 5.43. The van der Waals surface area contributed by atoms with Gasteiger partial charge in [0, 0.05) is 26.2 Å². The van der Waals surface area contributed by atoms with Crippen LogP contribution in [0.25, 0.3) is 0 Å². The lowest BCUT2D eigenvalue weighted by Gasteiger charge is -2.10. The first kappa shape index (κ1) is 14.2. The molecule has 0 radical (unpaired) electrons. The molecule has 0 fully saturated rings. The van der Waals surface area contributed by atoms with Crippen molar-refractivity contribution in [2.24, 2.45) is 0 Å². The van der Waals surface area contributed by atoms with Crippen LogP contribution in [0.5, 0.6) is 11.5 Å². The molecule has 106 valence electrons. The molecule has 0 saturated carbocycles. The lowest BCUT2D eigenvalue weighted by Crippen LogP contribution is -2.16. The molecule has 0 atom stereocenters. The molecule has 1 heterocycles. The van der Waals surface area contributed by atoms with Crippen LogP contribution in [-0.4, -0.2) is 33.0 Å². The highest BCUT2D eigenvalue weighted by Gasteiger charge is 2.10. The minimum atomic E-state index is 0.734. The number of benzene rings is 1. The van der Waals surface area contributed by atoms with Gasteiger partial charge in [-0.1, -0.05) is 6.07 Å². The van der Waals surface area contributed by atoms with Crippen molar-refractivity contribution in [2.75, 3.05) is 33.0 Å². The van der Waals surface area contributed by atoms with Gasteiger partial charge in [-0.15, -0.1) is 0 Å². The van der Waals surface area contributed by atoms with Gasteiger partial charge in [0.05, 0.1) is 13.2 Å². The zero-order valence-corrected chi connectivity index (χ0v) is 11.6. The van der Waals surface area contributed by atoms with E-state index >= 15 is 0 Å². The Labute approximate surface area is 115 Å². The average molecular weight is 265 g/mol. The van der Waals surface area contributed by atoms with Gasteiger partial charge >= 0.3 is 0 Å². The minimum Gasteiger partial charge on any atom is -0.490 e. The van der Waals surface area contributed by atoms with Gasteiger partial charge in [-0.05, 0) is 37.6 Å². The summed E-state index contributed by atoms with van der Waals surface area (Å²) in [5.74, 6) is 1.73. The number of nitrogens with one attached hydrogen (secondary N) is 1. The molecule has 0 unspecified atom stereocenters. The fourth-order valence-corrected chi connectivity index (χ4v) is 1.99. The SMILES string of the molecule is CCOCCCNCc1ccc2c(c1)OCCCO2. The van der Waals surface area contributed by atoms with Crippen LogP contribution >= 0.6 is 0 Å². The zero-order chi connectivity index (χ0) is 13.3. The predicted octanol–water partition coefficient (Wildman–Crippen LogP) is 2.36. The number of hydrogen-bond donors (Lipinski definition) is 1. The molecule has 0 saturated heterocycles. The van der Waals surface area contributed by atoms with Crippen molar-refractivity contribution in [1.82, 2.24) is 5.32 Å². The molecule has 1 aromatic rings. The largest absolute Gasteiger partial charge is 0.490 e. The average Bonchev–Trinajstić information content (AvgIpc) is 2.67. The number of rotatable bonds is 7. The first-order valence-corrected chi connectivity index (χ1v) is 7.07. The van der Waals surface area contributed by atoms with Crippen LogP contribution in [0.15, 0.2) is 18.2 Å². The summed E-state index contributed by atoms with van der Waals surface area (Å²) in [7, 11) is 0. The van der Waals surface area contributed by atoms with Gasteiger partial charge < -0.3 is 19.5 Å². The maximum atomic E-state index is 5.68. The van der Waals surface area contributed by atoms with Crippen molar-refractivity contribution in [2.45, 2.75) is 26.3 Å². The highest BCUT2D eigenvalue weighted by Crippen LogP contribution is 2.30. The fraction of sp³-hybridized carbons (Fsp3) is 0.600. The van der Waals surface area contributed by atoms with E-state index in [4.69, 9.17) is 14.2 Å². The Morgan fingerprint density at radius 1 is 1.21 bits per heavy atom. The van der Waals surface area contributed by atoms with Gasteiger partial charge in [-0.3, -0.25) is 0 Å². The molecule has 0 amide bonds. The van der Waals surface area contributed by atoms with Gasteiger partial charge in [0.25, 0.3) is 0 Å². The summed E-state index contributed by atoms with van der Waals surface area (Å²) in [6.45, 7) is 6.93.